The fraction of sp³-hybridized carbons (Fsp3) is 0.111. The summed E-state index contributed by atoms with van der Waals surface area (Å²) in [6, 6.07) is 9.50. The second kappa shape index (κ2) is 7.88. The SMILES string of the molecule is Cc1n[nH]c(Nc2ccnc(Nc3cccc(-c4ncco4)c3)n2)c1C.Cl. The van der Waals surface area contributed by atoms with Crippen LogP contribution in [-0.2, 0) is 0 Å². The van der Waals surface area contributed by atoms with Crippen molar-refractivity contribution in [1.29, 1.82) is 0 Å². The smallest absolute Gasteiger partial charge is 0.229 e. The number of rotatable bonds is 5. The molecule has 0 aliphatic carbocycles. The van der Waals surface area contributed by atoms with Crippen molar-refractivity contribution in [3.8, 4) is 11.5 Å². The third kappa shape index (κ3) is 4.06. The van der Waals surface area contributed by atoms with Gasteiger partial charge in [0.1, 0.15) is 17.9 Å². The molecular formula is C18H18ClN7O. The zero-order valence-corrected chi connectivity index (χ0v) is 15.5. The number of aromatic amines is 1. The van der Waals surface area contributed by atoms with Gasteiger partial charge in [0.15, 0.2) is 0 Å². The molecule has 27 heavy (non-hydrogen) atoms. The predicted molar refractivity (Wildman–Crippen MR) is 106 cm³/mol. The van der Waals surface area contributed by atoms with E-state index in [2.05, 4.69) is 35.8 Å². The number of nitrogens with zero attached hydrogens (tertiary/aromatic N) is 4. The lowest BCUT2D eigenvalue weighted by Gasteiger charge is -2.08. The molecule has 0 amide bonds. The van der Waals surface area contributed by atoms with Crippen LogP contribution in [0.1, 0.15) is 11.3 Å². The highest BCUT2D eigenvalue weighted by Gasteiger charge is 2.08. The molecule has 0 spiro atoms. The summed E-state index contributed by atoms with van der Waals surface area (Å²) in [4.78, 5) is 12.9. The maximum Gasteiger partial charge on any atom is 0.229 e. The number of H-pyrrole nitrogens is 1. The van der Waals surface area contributed by atoms with E-state index in [9.17, 15) is 0 Å². The van der Waals surface area contributed by atoms with Gasteiger partial charge in [-0.15, -0.1) is 12.4 Å². The highest BCUT2D eigenvalue weighted by Crippen LogP contribution is 2.23. The average molecular weight is 384 g/mol. The van der Waals surface area contributed by atoms with Gasteiger partial charge in [-0.05, 0) is 38.1 Å². The summed E-state index contributed by atoms with van der Waals surface area (Å²) in [7, 11) is 0. The molecule has 0 saturated carbocycles. The van der Waals surface area contributed by atoms with E-state index in [0.29, 0.717) is 17.7 Å². The van der Waals surface area contributed by atoms with Crippen molar-refractivity contribution < 1.29 is 4.42 Å². The van der Waals surface area contributed by atoms with Crippen LogP contribution in [0.4, 0.5) is 23.3 Å². The first-order valence-electron chi connectivity index (χ1n) is 8.07. The van der Waals surface area contributed by atoms with Crippen molar-refractivity contribution in [2.75, 3.05) is 10.6 Å². The first-order chi connectivity index (χ1) is 12.7. The number of nitrogens with one attached hydrogen (secondary N) is 3. The summed E-state index contributed by atoms with van der Waals surface area (Å²) in [5, 5.41) is 13.5. The summed E-state index contributed by atoms with van der Waals surface area (Å²) in [5.41, 5.74) is 3.71. The molecule has 4 aromatic rings. The minimum atomic E-state index is 0. The molecule has 3 N–H and O–H groups in total. The van der Waals surface area contributed by atoms with Crippen LogP contribution < -0.4 is 10.6 Å². The van der Waals surface area contributed by atoms with Gasteiger partial charge in [-0.3, -0.25) is 5.10 Å². The largest absolute Gasteiger partial charge is 0.445 e. The standard InChI is InChI=1S/C18H17N7O.ClH/c1-11-12(2)24-25-16(11)22-15-6-7-20-18(23-15)21-14-5-3-4-13(10-14)17-19-8-9-26-17;/h3-10H,1-2H3,(H3,20,21,22,23,24,25);1H. The number of benzene rings is 1. The zero-order chi connectivity index (χ0) is 17.9. The van der Waals surface area contributed by atoms with Gasteiger partial charge in [-0.25, -0.2) is 9.97 Å². The van der Waals surface area contributed by atoms with Crippen LogP contribution >= 0.6 is 12.4 Å². The molecule has 0 atom stereocenters. The molecular weight excluding hydrogens is 366 g/mol. The van der Waals surface area contributed by atoms with Crippen LogP contribution in [0.15, 0.2) is 53.4 Å². The predicted octanol–water partition coefficient (Wildman–Crippen LogP) is 4.38. The van der Waals surface area contributed by atoms with E-state index in [4.69, 9.17) is 4.42 Å². The number of aromatic nitrogens is 5. The highest BCUT2D eigenvalue weighted by molar-refractivity contribution is 5.85. The third-order valence-electron chi connectivity index (χ3n) is 3.96. The molecule has 0 radical (unpaired) electrons. The second-order valence-corrected chi connectivity index (χ2v) is 5.74. The van der Waals surface area contributed by atoms with E-state index < -0.39 is 0 Å². The molecule has 1 aromatic carbocycles. The zero-order valence-electron chi connectivity index (χ0n) is 14.7. The first-order valence-corrected chi connectivity index (χ1v) is 8.07. The molecule has 0 saturated heterocycles. The lowest BCUT2D eigenvalue weighted by atomic mass is 10.2. The Morgan fingerprint density at radius 1 is 1.04 bits per heavy atom. The van der Waals surface area contributed by atoms with Crippen molar-refractivity contribution in [3.05, 3.63) is 60.2 Å². The normalized spacial score (nSPS) is 10.3. The van der Waals surface area contributed by atoms with Gasteiger partial charge >= 0.3 is 0 Å². The molecule has 8 nitrogen and oxygen atoms in total. The van der Waals surface area contributed by atoms with Crippen molar-refractivity contribution in [1.82, 2.24) is 25.1 Å². The van der Waals surface area contributed by atoms with Gasteiger partial charge in [-0.1, -0.05) is 6.07 Å². The minimum absolute atomic E-state index is 0. The molecule has 0 fully saturated rings. The van der Waals surface area contributed by atoms with Gasteiger partial charge in [-0.2, -0.15) is 10.1 Å². The molecule has 9 heteroatoms. The van der Waals surface area contributed by atoms with E-state index in [-0.39, 0.29) is 12.4 Å². The number of hydrogen-bond acceptors (Lipinski definition) is 7. The lowest BCUT2D eigenvalue weighted by Crippen LogP contribution is -2.01. The highest BCUT2D eigenvalue weighted by atomic mass is 35.5. The van der Waals surface area contributed by atoms with Crippen LogP contribution in [0.5, 0.6) is 0 Å². The summed E-state index contributed by atoms with van der Waals surface area (Å²) < 4.78 is 5.33. The Morgan fingerprint density at radius 3 is 2.67 bits per heavy atom. The topological polar surface area (TPSA) is 105 Å². The quantitative estimate of drug-likeness (QED) is 0.469. The monoisotopic (exact) mass is 383 g/mol. The Bertz CT molecular complexity index is 1030. The van der Waals surface area contributed by atoms with Crippen molar-refractivity contribution in [2.24, 2.45) is 0 Å². The summed E-state index contributed by atoms with van der Waals surface area (Å²) in [6.07, 6.45) is 4.86. The van der Waals surface area contributed by atoms with Crippen LogP contribution in [0.2, 0.25) is 0 Å². The lowest BCUT2D eigenvalue weighted by molar-refractivity contribution is 0.574. The number of aryl methyl sites for hydroxylation is 1. The first kappa shape index (κ1) is 18.4. The number of oxazole rings is 1. The molecule has 0 aliphatic heterocycles. The van der Waals surface area contributed by atoms with E-state index in [1.54, 1.807) is 24.7 Å². The van der Waals surface area contributed by atoms with Gasteiger partial charge in [0.2, 0.25) is 11.8 Å². The third-order valence-corrected chi connectivity index (χ3v) is 3.96. The summed E-state index contributed by atoms with van der Waals surface area (Å²) in [5.74, 6) is 2.53. The molecule has 3 aromatic heterocycles. The maximum atomic E-state index is 5.33. The van der Waals surface area contributed by atoms with E-state index in [1.807, 2.05) is 38.1 Å². The minimum Gasteiger partial charge on any atom is -0.445 e. The van der Waals surface area contributed by atoms with E-state index in [1.165, 1.54) is 0 Å². The second-order valence-electron chi connectivity index (χ2n) is 5.74. The summed E-state index contributed by atoms with van der Waals surface area (Å²) in [6.45, 7) is 3.94. The molecule has 0 aliphatic rings. The maximum absolute atomic E-state index is 5.33. The molecule has 0 unspecified atom stereocenters. The molecule has 0 bridgehead atoms. The molecule has 138 valence electrons. The Labute approximate surface area is 161 Å². The van der Waals surface area contributed by atoms with E-state index in [0.717, 1.165) is 28.3 Å². The Kier molecular flexibility index (Phi) is 5.37. The van der Waals surface area contributed by atoms with Crippen LogP contribution in [0.25, 0.3) is 11.5 Å². The van der Waals surface area contributed by atoms with Crippen LogP contribution in [0.3, 0.4) is 0 Å². The Balaban J connectivity index is 0.00000210. The van der Waals surface area contributed by atoms with Crippen molar-refractivity contribution in [2.45, 2.75) is 13.8 Å². The van der Waals surface area contributed by atoms with Crippen LogP contribution in [0, 0.1) is 13.8 Å². The number of hydrogen-bond donors (Lipinski definition) is 3. The fourth-order valence-electron chi connectivity index (χ4n) is 2.45. The Morgan fingerprint density at radius 2 is 1.93 bits per heavy atom. The van der Waals surface area contributed by atoms with Gasteiger partial charge in [0.05, 0.1) is 11.9 Å². The summed E-state index contributed by atoms with van der Waals surface area (Å²) >= 11 is 0. The number of anilines is 4. The van der Waals surface area contributed by atoms with Crippen molar-refractivity contribution in [3.63, 3.8) is 0 Å². The molecule has 3 heterocycles. The Hall–Kier alpha value is -3.39. The van der Waals surface area contributed by atoms with E-state index >= 15 is 0 Å². The van der Waals surface area contributed by atoms with Gasteiger partial charge < -0.3 is 15.1 Å². The van der Waals surface area contributed by atoms with Crippen LogP contribution in [-0.4, -0.2) is 25.1 Å². The number of halogens is 1. The van der Waals surface area contributed by atoms with Crippen molar-refractivity contribution >= 4 is 35.7 Å². The van der Waals surface area contributed by atoms with Gasteiger partial charge in [0.25, 0.3) is 0 Å². The average Bonchev–Trinajstić information content (AvgIpc) is 3.29. The molecule has 4 rings (SSSR count). The fourth-order valence-corrected chi connectivity index (χ4v) is 2.45. The van der Waals surface area contributed by atoms with Gasteiger partial charge in [0, 0.05) is 23.0 Å².